The molecule has 1 aliphatic rings. The molecule has 1 aliphatic heterocycles. The van der Waals surface area contributed by atoms with Gasteiger partial charge in [0, 0.05) is 24.9 Å². The Labute approximate surface area is 204 Å². The fraction of sp³-hybridized carbons (Fsp3) is 0.269. The van der Waals surface area contributed by atoms with Gasteiger partial charge in [0.2, 0.25) is 0 Å². The lowest BCUT2D eigenvalue weighted by Crippen LogP contribution is -2.18. The van der Waals surface area contributed by atoms with Gasteiger partial charge in [-0.05, 0) is 61.2 Å². The summed E-state index contributed by atoms with van der Waals surface area (Å²) in [5.74, 6) is 2.39. The van der Waals surface area contributed by atoms with Crippen LogP contribution in [0.5, 0.6) is 5.75 Å². The molecule has 0 saturated carbocycles. The summed E-state index contributed by atoms with van der Waals surface area (Å²) in [4.78, 5) is 9.42. The number of ether oxygens (including phenoxy) is 1. The van der Waals surface area contributed by atoms with E-state index in [9.17, 15) is 8.42 Å². The molecule has 0 unspecified atom stereocenters. The Balaban J connectivity index is 1.39. The molecule has 0 spiro atoms. The molecule has 0 bridgehead atoms. The maximum atomic E-state index is 11.8. The van der Waals surface area contributed by atoms with Gasteiger partial charge in [0.15, 0.2) is 15.7 Å². The third-order valence-electron chi connectivity index (χ3n) is 6.22. The third-order valence-corrected chi connectivity index (χ3v) is 7.35. The highest BCUT2D eigenvalue weighted by Crippen LogP contribution is 2.33. The molecule has 0 radical (unpaired) electrons. The Bertz CT molecular complexity index is 1500. The molecule has 8 nitrogen and oxygen atoms in total. The van der Waals surface area contributed by atoms with Crippen molar-refractivity contribution in [3.8, 4) is 11.4 Å². The molecule has 0 N–H and O–H groups in total. The molecule has 1 atom stereocenters. The first-order valence-electron chi connectivity index (χ1n) is 11.4. The number of sulfone groups is 1. The lowest BCUT2D eigenvalue weighted by molar-refractivity contribution is 0.413. The maximum absolute atomic E-state index is 11.8. The van der Waals surface area contributed by atoms with E-state index in [-0.39, 0.29) is 5.92 Å². The summed E-state index contributed by atoms with van der Waals surface area (Å²) in [6, 6.07) is 13.1. The molecule has 2 aromatic heterocycles. The van der Waals surface area contributed by atoms with E-state index in [1.165, 1.54) is 6.26 Å². The van der Waals surface area contributed by atoms with Crippen molar-refractivity contribution in [2.75, 3.05) is 13.4 Å². The number of benzene rings is 2. The number of rotatable bonds is 6. The molecule has 0 amide bonds. The van der Waals surface area contributed by atoms with E-state index >= 15 is 0 Å². The summed E-state index contributed by atoms with van der Waals surface area (Å²) < 4.78 is 33.1. The second-order valence-electron chi connectivity index (χ2n) is 8.77. The van der Waals surface area contributed by atoms with Crippen LogP contribution in [0.1, 0.15) is 47.2 Å². The van der Waals surface area contributed by atoms with Crippen LogP contribution >= 0.6 is 0 Å². The number of fused-ring (bicyclic) bond motifs is 1. The van der Waals surface area contributed by atoms with Crippen molar-refractivity contribution in [2.24, 2.45) is 0 Å². The average molecular weight is 490 g/mol. The van der Waals surface area contributed by atoms with E-state index in [0.29, 0.717) is 10.7 Å². The van der Waals surface area contributed by atoms with Crippen molar-refractivity contribution in [1.82, 2.24) is 24.3 Å². The molecule has 0 saturated heterocycles. The first-order chi connectivity index (χ1) is 16.8. The number of hydrogen-bond acceptors (Lipinski definition) is 6. The van der Waals surface area contributed by atoms with Crippen LogP contribution in [-0.2, 0) is 16.4 Å². The molecule has 9 heteroatoms. The van der Waals surface area contributed by atoms with Gasteiger partial charge in [-0.25, -0.2) is 23.1 Å². The van der Waals surface area contributed by atoms with Crippen LogP contribution in [0.4, 0.5) is 0 Å². The first kappa shape index (κ1) is 23.0. The quantitative estimate of drug-likeness (QED) is 0.401. The number of aromatic nitrogens is 5. The zero-order chi connectivity index (χ0) is 24.6. The van der Waals surface area contributed by atoms with Crippen LogP contribution in [0, 0.1) is 6.92 Å². The zero-order valence-corrected chi connectivity index (χ0v) is 20.7. The molecule has 0 aliphatic carbocycles. The number of methoxy groups -OCH3 is 1. The molecular formula is C26H27N5O3S. The number of imidazole rings is 1. The van der Waals surface area contributed by atoms with E-state index in [0.717, 1.165) is 53.5 Å². The van der Waals surface area contributed by atoms with Crippen LogP contribution in [-0.4, -0.2) is 46.1 Å². The Hall–Kier alpha value is -3.72. The van der Waals surface area contributed by atoms with Crippen molar-refractivity contribution >= 4 is 22.0 Å². The van der Waals surface area contributed by atoms with Crippen molar-refractivity contribution in [3.63, 3.8) is 0 Å². The van der Waals surface area contributed by atoms with Gasteiger partial charge >= 0.3 is 0 Å². The molecule has 3 heterocycles. The fourth-order valence-corrected chi connectivity index (χ4v) is 5.07. The van der Waals surface area contributed by atoms with Crippen molar-refractivity contribution < 1.29 is 13.2 Å². The van der Waals surface area contributed by atoms with Gasteiger partial charge < -0.3 is 9.30 Å². The van der Waals surface area contributed by atoms with Crippen molar-refractivity contribution in [1.29, 1.82) is 0 Å². The van der Waals surface area contributed by atoms with Crippen LogP contribution < -0.4 is 4.74 Å². The first-order valence-corrected chi connectivity index (χ1v) is 13.3. The van der Waals surface area contributed by atoms with E-state index < -0.39 is 9.84 Å². The minimum absolute atomic E-state index is 0.0880. The second kappa shape index (κ2) is 9.14. The number of nitrogens with zero attached hydrogens (tertiary/aromatic N) is 5. The molecular weight excluding hydrogens is 462 g/mol. The highest BCUT2D eigenvalue weighted by atomic mass is 32.2. The molecule has 2 aromatic carbocycles. The van der Waals surface area contributed by atoms with E-state index in [2.05, 4.69) is 10.1 Å². The maximum Gasteiger partial charge on any atom is 0.175 e. The molecule has 180 valence electrons. The van der Waals surface area contributed by atoms with Gasteiger partial charge in [0.25, 0.3) is 0 Å². The minimum atomic E-state index is -3.22. The summed E-state index contributed by atoms with van der Waals surface area (Å²) in [5, 5.41) is 4.69. The summed E-state index contributed by atoms with van der Waals surface area (Å²) in [7, 11) is -1.56. The van der Waals surface area contributed by atoms with E-state index in [1.54, 1.807) is 25.6 Å². The topological polar surface area (TPSA) is 91.9 Å². The lowest BCUT2D eigenvalue weighted by atomic mass is 9.91. The molecule has 4 aromatic rings. The molecule has 0 fully saturated rings. The molecule has 5 rings (SSSR count). The van der Waals surface area contributed by atoms with Crippen molar-refractivity contribution in [2.45, 2.75) is 37.1 Å². The van der Waals surface area contributed by atoms with Gasteiger partial charge in [-0.2, -0.15) is 5.10 Å². The highest BCUT2D eigenvalue weighted by Gasteiger charge is 2.25. The SMILES string of the molecule is COc1cc(/C=C/c2nc3n(n2)CCC[C@@H]3c2ccc(S(C)(=O)=O)cc2)ccc1-n1cnc(C)c1. The fourth-order valence-electron chi connectivity index (χ4n) is 4.44. The number of aryl methyl sites for hydroxylation is 2. The standard InChI is InChI=1S/C26H27N5O3S/c1-18-16-30(17-27-18)23-12-6-19(15-24(23)34-2)7-13-25-28-26-22(5-4-14-31(26)29-25)20-8-10-21(11-9-20)35(3,32)33/h6-13,15-17,22H,4-5,14H2,1-3H3/b13-7+/t22-/m1/s1. The van der Waals surface area contributed by atoms with Gasteiger partial charge in [-0.15, -0.1) is 0 Å². The summed E-state index contributed by atoms with van der Waals surface area (Å²) in [5.41, 5.74) is 3.89. The Morgan fingerprint density at radius 2 is 1.91 bits per heavy atom. The zero-order valence-electron chi connectivity index (χ0n) is 19.9. The lowest BCUT2D eigenvalue weighted by Gasteiger charge is -2.22. The van der Waals surface area contributed by atoms with Gasteiger partial charge in [-0.3, -0.25) is 0 Å². The van der Waals surface area contributed by atoms with Crippen LogP contribution in [0.2, 0.25) is 0 Å². The summed E-state index contributed by atoms with van der Waals surface area (Å²) in [6.45, 7) is 2.77. The third kappa shape index (κ3) is 4.77. The summed E-state index contributed by atoms with van der Waals surface area (Å²) >= 11 is 0. The Kier molecular flexibility index (Phi) is 6.02. The van der Waals surface area contributed by atoms with E-state index in [4.69, 9.17) is 9.72 Å². The van der Waals surface area contributed by atoms with Crippen LogP contribution in [0.3, 0.4) is 0 Å². The second-order valence-corrected chi connectivity index (χ2v) is 10.8. The van der Waals surface area contributed by atoms with Gasteiger partial charge in [0.1, 0.15) is 11.6 Å². The molecule has 35 heavy (non-hydrogen) atoms. The van der Waals surface area contributed by atoms with Gasteiger partial charge in [-0.1, -0.05) is 24.3 Å². The highest BCUT2D eigenvalue weighted by molar-refractivity contribution is 7.90. The minimum Gasteiger partial charge on any atom is -0.495 e. The predicted octanol–water partition coefficient (Wildman–Crippen LogP) is 4.28. The Morgan fingerprint density at radius 1 is 1.11 bits per heavy atom. The summed E-state index contributed by atoms with van der Waals surface area (Å²) in [6.07, 6.45) is 10.8. The van der Waals surface area contributed by atoms with Gasteiger partial charge in [0.05, 0.1) is 29.7 Å². The van der Waals surface area contributed by atoms with Crippen molar-refractivity contribution in [3.05, 3.63) is 83.5 Å². The van der Waals surface area contributed by atoms with Crippen LogP contribution in [0.15, 0.2) is 59.9 Å². The average Bonchev–Trinajstić information content (AvgIpc) is 3.47. The monoisotopic (exact) mass is 489 g/mol. The smallest absolute Gasteiger partial charge is 0.175 e. The largest absolute Gasteiger partial charge is 0.495 e. The Morgan fingerprint density at radius 3 is 2.60 bits per heavy atom. The normalized spacial score (nSPS) is 15.9. The van der Waals surface area contributed by atoms with E-state index in [1.807, 2.05) is 64.9 Å². The van der Waals surface area contributed by atoms with Crippen LogP contribution in [0.25, 0.3) is 17.8 Å². The predicted molar refractivity (Wildman–Crippen MR) is 134 cm³/mol. The number of hydrogen-bond donors (Lipinski definition) is 0.